The molecule has 2 aromatic rings. The topological polar surface area (TPSA) is 48.0 Å². The summed E-state index contributed by atoms with van der Waals surface area (Å²) < 4.78 is 16.5. The molecule has 0 spiro atoms. The van der Waals surface area contributed by atoms with Gasteiger partial charge in [-0.1, -0.05) is 18.2 Å². The van der Waals surface area contributed by atoms with Crippen molar-refractivity contribution < 1.29 is 19.0 Å². The molecule has 1 aliphatic rings. The smallest absolute Gasteiger partial charge is 0.254 e. The van der Waals surface area contributed by atoms with E-state index in [1.54, 1.807) is 20.3 Å². The molecular formula is C21H25NO4. The van der Waals surface area contributed by atoms with Crippen LogP contribution in [-0.4, -0.2) is 44.2 Å². The summed E-state index contributed by atoms with van der Waals surface area (Å²) in [7, 11) is 3.26. The number of ether oxygens (including phenoxy) is 3. The molecule has 1 unspecified atom stereocenters. The largest absolute Gasteiger partial charge is 0.497 e. The lowest BCUT2D eigenvalue weighted by Crippen LogP contribution is -2.43. The standard InChI is InChI=1S/C21H25NO4/c1-24-18-8-3-6-16(12-18)15-26-20-10-5-11-22(14-20)21(23)17-7-4-9-19(13-17)25-2/h3-4,6-9,12-13,20H,5,10-11,14-15H2,1-2H3. The first-order valence-corrected chi connectivity index (χ1v) is 8.87. The monoisotopic (exact) mass is 355 g/mol. The van der Waals surface area contributed by atoms with E-state index in [1.165, 1.54) is 0 Å². The summed E-state index contributed by atoms with van der Waals surface area (Å²) in [5, 5.41) is 0. The highest BCUT2D eigenvalue weighted by Crippen LogP contribution is 2.20. The SMILES string of the molecule is COc1cccc(COC2CCCN(C(=O)c3cccc(OC)c3)C2)c1. The van der Waals surface area contributed by atoms with Crippen molar-refractivity contribution in [1.29, 1.82) is 0 Å². The van der Waals surface area contributed by atoms with Crippen LogP contribution in [0.4, 0.5) is 0 Å². The minimum Gasteiger partial charge on any atom is -0.497 e. The first kappa shape index (κ1) is 18.3. The number of piperidine rings is 1. The normalized spacial score (nSPS) is 17.0. The quantitative estimate of drug-likeness (QED) is 0.795. The van der Waals surface area contributed by atoms with E-state index in [0.717, 1.165) is 30.7 Å². The maximum Gasteiger partial charge on any atom is 0.254 e. The summed E-state index contributed by atoms with van der Waals surface area (Å²) in [6.07, 6.45) is 1.95. The zero-order chi connectivity index (χ0) is 18.4. The van der Waals surface area contributed by atoms with Crippen LogP contribution in [0.1, 0.15) is 28.8 Å². The number of hydrogen-bond donors (Lipinski definition) is 0. The van der Waals surface area contributed by atoms with Gasteiger partial charge in [-0.2, -0.15) is 0 Å². The molecule has 0 saturated carbocycles. The number of hydrogen-bond acceptors (Lipinski definition) is 4. The fourth-order valence-corrected chi connectivity index (χ4v) is 3.17. The Bertz CT molecular complexity index is 746. The summed E-state index contributed by atoms with van der Waals surface area (Å²) in [6.45, 7) is 1.89. The van der Waals surface area contributed by atoms with Crippen LogP contribution in [0.3, 0.4) is 0 Å². The second-order valence-corrected chi connectivity index (χ2v) is 6.41. The van der Waals surface area contributed by atoms with E-state index in [9.17, 15) is 4.79 Å². The summed E-state index contributed by atoms with van der Waals surface area (Å²) in [6, 6.07) is 15.1. The number of methoxy groups -OCH3 is 2. The van der Waals surface area contributed by atoms with Gasteiger partial charge in [0, 0.05) is 18.7 Å². The highest BCUT2D eigenvalue weighted by atomic mass is 16.5. The van der Waals surface area contributed by atoms with Crippen LogP contribution in [0, 0.1) is 0 Å². The number of likely N-dealkylation sites (tertiary alicyclic amines) is 1. The van der Waals surface area contributed by atoms with Crippen molar-refractivity contribution in [1.82, 2.24) is 4.90 Å². The molecule has 0 aromatic heterocycles. The number of carbonyl (C=O) groups is 1. The van der Waals surface area contributed by atoms with Gasteiger partial charge in [0.15, 0.2) is 0 Å². The zero-order valence-electron chi connectivity index (χ0n) is 15.3. The van der Waals surface area contributed by atoms with Gasteiger partial charge in [-0.3, -0.25) is 4.79 Å². The summed E-state index contributed by atoms with van der Waals surface area (Å²) in [5.41, 5.74) is 1.72. The van der Waals surface area contributed by atoms with Crippen LogP contribution in [-0.2, 0) is 11.3 Å². The second kappa shape index (κ2) is 8.72. The Morgan fingerprint density at radius 3 is 2.58 bits per heavy atom. The molecule has 1 atom stereocenters. The first-order chi connectivity index (χ1) is 12.7. The molecule has 5 nitrogen and oxygen atoms in total. The average molecular weight is 355 g/mol. The number of benzene rings is 2. The third-order valence-electron chi connectivity index (χ3n) is 4.60. The molecule has 0 bridgehead atoms. The number of carbonyl (C=O) groups excluding carboxylic acids is 1. The lowest BCUT2D eigenvalue weighted by Gasteiger charge is -2.32. The molecule has 1 saturated heterocycles. The second-order valence-electron chi connectivity index (χ2n) is 6.41. The average Bonchev–Trinajstić information content (AvgIpc) is 2.72. The number of amides is 1. The van der Waals surface area contributed by atoms with Crippen LogP contribution < -0.4 is 9.47 Å². The van der Waals surface area contributed by atoms with Gasteiger partial charge in [0.1, 0.15) is 11.5 Å². The van der Waals surface area contributed by atoms with Gasteiger partial charge in [0.05, 0.1) is 26.9 Å². The van der Waals surface area contributed by atoms with Crippen molar-refractivity contribution in [2.45, 2.75) is 25.6 Å². The molecule has 0 N–H and O–H groups in total. The van der Waals surface area contributed by atoms with E-state index in [1.807, 2.05) is 47.4 Å². The Morgan fingerprint density at radius 2 is 1.81 bits per heavy atom. The Labute approximate surface area is 154 Å². The van der Waals surface area contributed by atoms with Gasteiger partial charge >= 0.3 is 0 Å². The molecule has 1 heterocycles. The molecule has 1 aliphatic heterocycles. The van der Waals surface area contributed by atoms with Gasteiger partial charge in [0.2, 0.25) is 0 Å². The Kier molecular flexibility index (Phi) is 6.12. The van der Waals surface area contributed by atoms with Crippen molar-refractivity contribution in [3.8, 4) is 11.5 Å². The van der Waals surface area contributed by atoms with E-state index < -0.39 is 0 Å². The van der Waals surface area contributed by atoms with Crippen molar-refractivity contribution >= 4 is 5.91 Å². The molecule has 1 amide bonds. The molecule has 2 aromatic carbocycles. The molecule has 26 heavy (non-hydrogen) atoms. The van der Waals surface area contributed by atoms with Gasteiger partial charge in [-0.25, -0.2) is 0 Å². The molecular weight excluding hydrogens is 330 g/mol. The predicted octanol–water partition coefficient (Wildman–Crippen LogP) is 3.53. The predicted molar refractivity (Wildman–Crippen MR) is 99.7 cm³/mol. The maximum atomic E-state index is 12.8. The minimum atomic E-state index is 0.0265. The Balaban J connectivity index is 1.58. The third-order valence-corrected chi connectivity index (χ3v) is 4.60. The van der Waals surface area contributed by atoms with Crippen molar-refractivity contribution in [3.05, 3.63) is 59.7 Å². The molecule has 5 heteroatoms. The van der Waals surface area contributed by atoms with E-state index in [0.29, 0.717) is 24.5 Å². The van der Waals surface area contributed by atoms with Crippen molar-refractivity contribution in [2.24, 2.45) is 0 Å². The Morgan fingerprint density at radius 1 is 1.08 bits per heavy atom. The van der Waals surface area contributed by atoms with Crippen LogP contribution in [0.5, 0.6) is 11.5 Å². The number of nitrogens with zero attached hydrogens (tertiary/aromatic N) is 1. The van der Waals surface area contributed by atoms with E-state index in [2.05, 4.69) is 0 Å². The molecule has 138 valence electrons. The molecule has 3 rings (SSSR count). The fraction of sp³-hybridized carbons (Fsp3) is 0.381. The van der Waals surface area contributed by atoms with Gasteiger partial charge in [-0.15, -0.1) is 0 Å². The zero-order valence-corrected chi connectivity index (χ0v) is 15.3. The Hall–Kier alpha value is -2.53. The van der Waals surface area contributed by atoms with E-state index >= 15 is 0 Å². The maximum absolute atomic E-state index is 12.8. The van der Waals surface area contributed by atoms with Gasteiger partial charge in [0.25, 0.3) is 5.91 Å². The van der Waals surface area contributed by atoms with E-state index in [4.69, 9.17) is 14.2 Å². The lowest BCUT2D eigenvalue weighted by molar-refractivity contribution is -0.00677. The van der Waals surface area contributed by atoms with Crippen LogP contribution in [0.25, 0.3) is 0 Å². The van der Waals surface area contributed by atoms with Crippen LogP contribution in [0.2, 0.25) is 0 Å². The fourth-order valence-electron chi connectivity index (χ4n) is 3.17. The molecule has 0 aliphatic carbocycles. The first-order valence-electron chi connectivity index (χ1n) is 8.87. The van der Waals surface area contributed by atoms with Crippen LogP contribution >= 0.6 is 0 Å². The summed E-state index contributed by atoms with van der Waals surface area (Å²) >= 11 is 0. The van der Waals surface area contributed by atoms with E-state index in [-0.39, 0.29) is 12.0 Å². The summed E-state index contributed by atoms with van der Waals surface area (Å²) in [5.74, 6) is 1.54. The highest BCUT2D eigenvalue weighted by molar-refractivity contribution is 5.94. The lowest BCUT2D eigenvalue weighted by atomic mass is 10.1. The number of rotatable bonds is 6. The minimum absolute atomic E-state index is 0.0265. The highest BCUT2D eigenvalue weighted by Gasteiger charge is 2.25. The van der Waals surface area contributed by atoms with Crippen LogP contribution in [0.15, 0.2) is 48.5 Å². The van der Waals surface area contributed by atoms with Gasteiger partial charge < -0.3 is 19.1 Å². The summed E-state index contributed by atoms with van der Waals surface area (Å²) in [4.78, 5) is 14.6. The van der Waals surface area contributed by atoms with Crippen molar-refractivity contribution in [3.63, 3.8) is 0 Å². The third kappa shape index (κ3) is 4.55. The van der Waals surface area contributed by atoms with Gasteiger partial charge in [-0.05, 0) is 48.7 Å². The van der Waals surface area contributed by atoms with Crippen molar-refractivity contribution in [2.75, 3.05) is 27.3 Å². The molecule has 0 radical (unpaired) electrons. The molecule has 1 fully saturated rings.